The molecule has 6 heteroatoms. The monoisotopic (exact) mass is 321 g/mol. The molecule has 0 saturated carbocycles. The number of carbonyl (C=O) groups is 2. The van der Waals surface area contributed by atoms with Crippen LogP contribution in [0.4, 0.5) is 4.39 Å². The highest BCUT2D eigenvalue weighted by molar-refractivity contribution is 5.81. The number of hydrogen-bond acceptors (Lipinski definition) is 4. The average molecular weight is 321 g/mol. The van der Waals surface area contributed by atoms with Gasteiger partial charge >= 0.3 is 5.97 Å². The number of piperidine rings is 1. The molecule has 1 aromatic rings. The Morgan fingerprint density at radius 2 is 1.78 bits per heavy atom. The molecule has 2 bridgehead atoms. The van der Waals surface area contributed by atoms with Crippen LogP contribution in [0.5, 0.6) is 5.75 Å². The molecule has 0 radical (unpaired) electrons. The third-order valence-electron chi connectivity index (χ3n) is 4.49. The number of rotatable bonds is 4. The predicted octanol–water partition coefficient (Wildman–Crippen LogP) is 2.29. The number of halogens is 1. The molecule has 2 heterocycles. The van der Waals surface area contributed by atoms with Crippen LogP contribution in [0.3, 0.4) is 0 Å². The SMILES string of the molecule is CC(=O)OCC(=O)N1[C@@H]2CC[C@H]1CC(Oc1ccc(F)cc1)C2. The van der Waals surface area contributed by atoms with Gasteiger partial charge in [-0.2, -0.15) is 0 Å². The first kappa shape index (κ1) is 15.8. The minimum absolute atomic E-state index is 0.0238. The molecule has 1 aromatic carbocycles. The fourth-order valence-corrected chi connectivity index (χ4v) is 3.57. The van der Waals surface area contributed by atoms with Gasteiger partial charge in [0.1, 0.15) is 17.7 Å². The Kier molecular flexibility index (Phi) is 4.50. The maximum absolute atomic E-state index is 12.9. The lowest BCUT2D eigenvalue weighted by Gasteiger charge is -2.38. The Bertz CT molecular complexity index is 575. The van der Waals surface area contributed by atoms with Crippen molar-refractivity contribution in [1.82, 2.24) is 4.90 Å². The third kappa shape index (κ3) is 3.63. The molecule has 0 aliphatic carbocycles. The van der Waals surface area contributed by atoms with Gasteiger partial charge in [0.05, 0.1) is 0 Å². The van der Waals surface area contributed by atoms with E-state index < -0.39 is 5.97 Å². The number of carbonyl (C=O) groups excluding carboxylic acids is 2. The Morgan fingerprint density at radius 3 is 2.35 bits per heavy atom. The van der Waals surface area contributed by atoms with E-state index >= 15 is 0 Å². The van der Waals surface area contributed by atoms with Crippen molar-refractivity contribution in [2.75, 3.05) is 6.61 Å². The summed E-state index contributed by atoms with van der Waals surface area (Å²) in [5, 5.41) is 0. The van der Waals surface area contributed by atoms with Crippen LogP contribution in [0.15, 0.2) is 24.3 Å². The molecule has 2 aliphatic rings. The number of hydrogen-bond donors (Lipinski definition) is 0. The van der Waals surface area contributed by atoms with E-state index in [0.717, 1.165) is 25.7 Å². The minimum atomic E-state index is -0.444. The molecule has 2 fully saturated rings. The predicted molar refractivity (Wildman–Crippen MR) is 80.3 cm³/mol. The zero-order valence-corrected chi connectivity index (χ0v) is 13.0. The van der Waals surface area contributed by atoms with Crippen LogP contribution in [-0.4, -0.2) is 41.6 Å². The molecule has 0 N–H and O–H groups in total. The first-order chi connectivity index (χ1) is 11.0. The zero-order chi connectivity index (χ0) is 16.4. The summed E-state index contributed by atoms with van der Waals surface area (Å²) >= 11 is 0. The maximum Gasteiger partial charge on any atom is 0.303 e. The third-order valence-corrected chi connectivity index (χ3v) is 4.49. The molecular formula is C17H20FNO4. The normalized spacial score (nSPS) is 26.0. The molecule has 23 heavy (non-hydrogen) atoms. The molecular weight excluding hydrogens is 301 g/mol. The van der Waals surface area contributed by atoms with Gasteiger partial charge in [0.25, 0.3) is 5.91 Å². The van der Waals surface area contributed by atoms with Gasteiger partial charge < -0.3 is 14.4 Å². The number of benzene rings is 1. The van der Waals surface area contributed by atoms with Crippen molar-refractivity contribution in [2.24, 2.45) is 0 Å². The van der Waals surface area contributed by atoms with Crippen molar-refractivity contribution < 1.29 is 23.5 Å². The lowest BCUT2D eigenvalue weighted by Crippen LogP contribution is -2.50. The van der Waals surface area contributed by atoms with Gasteiger partial charge in [0.15, 0.2) is 6.61 Å². The van der Waals surface area contributed by atoms with Crippen molar-refractivity contribution in [3.8, 4) is 5.75 Å². The summed E-state index contributed by atoms with van der Waals surface area (Å²) < 4.78 is 23.7. The van der Waals surface area contributed by atoms with Gasteiger partial charge in [-0.25, -0.2) is 4.39 Å². The summed E-state index contributed by atoms with van der Waals surface area (Å²) in [6.07, 6.45) is 3.41. The number of esters is 1. The Hall–Kier alpha value is -2.11. The number of fused-ring (bicyclic) bond motifs is 2. The van der Waals surface area contributed by atoms with E-state index in [0.29, 0.717) is 5.75 Å². The van der Waals surface area contributed by atoms with Gasteiger partial charge in [-0.15, -0.1) is 0 Å². The molecule has 1 unspecified atom stereocenters. The molecule has 2 saturated heterocycles. The lowest BCUT2D eigenvalue weighted by molar-refractivity contribution is -0.153. The van der Waals surface area contributed by atoms with E-state index in [-0.39, 0.29) is 36.5 Å². The van der Waals surface area contributed by atoms with Gasteiger partial charge in [0, 0.05) is 31.8 Å². The van der Waals surface area contributed by atoms with Crippen molar-refractivity contribution in [1.29, 1.82) is 0 Å². The Morgan fingerprint density at radius 1 is 1.17 bits per heavy atom. The molecule has 5 nitrogen and oxygen atoms in total. The molecule has 1 amide bonds. The van der Waals surface area contributed by atoms with Gasteiger partial charge in [-0.05, 0) is 37.1 Å². The summed E-state index contributed by atoms with van der Waals surface area (Å²) in [6.45, 7) is 1.11. The van der Waals surface area contributed by atoms with Crippen molar-refractivity contribution in [2.45, 2.75) is 50.8 Å². The summed E-state index contributed by atoms with van der Waals surface area (Å²) in [5.41, 5.74) is 0. The van der Waals surface area contributed by atoms with Crippen LogP contribution in [-0.2, 0) is 14.3 Å². The number of nitrogens with zero attached hydrogens (tertiary/aromatic N) is 1. The standard InChI is InChI=1S/C17H20FNO4/c1-11(20)22-10-17(21)19-13-4-5-14(19)9-16(8-13)23-15-6-2-12(18)3-7-15/h2-3,6-7,13-14,16H,4-5,8-10H2,1H3/t13-,14+,16?. The largest absolute Gasteiger partial charge is 0.490 e. The second-order valence-electron chi connectivity index (χ2n) is 6.13. The quantitative estimate of drug-likeness (QED) is 0.799. The van der Waals surface area contributed by atoms with Gasteiger partial charge in [-0.1, -0.05) is 0 Å². The van der Waals surface area contributed by atoms with E-state index in [1.54, 1.807) is 12.1 Å². The molecule has 3 atom stereocenters. The summed E-state index contributed by atoms with van der Waals surface area (Å²) in [5.74, 6) is -0.216. The first-order valence-electron chi connectivity index (χ1n) is 7.89. The fourth-order valence-electron chi connectivity index (χ4n) is 3.57. The topological polar surface area (TPSA) is 55.8 Å². The van der Waals surface area contributed by atoms with E-state index in [4.69, 9.17) is 9.47 Å². The molecule has 0 aromatic heterocycles. The second kappa shape index (κ2) is 6.56. The molecule has 3 rings (SSSR count). The highest BCUT2D eigenvalue weighted by Crippen LogP contribution is 2.37. The Balaban J connectivity index is 1.59. The van der Waals surface area contributed by atoms with Crippen LogP contribution in [0, 0.1) is 5.82 Å². The Labute approximate surface area is 134 Å². The molecule has 2 aliphatic heterocycles. The van der Waals surface area contributed by atoms with Crippen LogP contribution >= 0.6 is 0 Å². The van der Waals surface area contributed by atoms with E-state index in [9.17, 15) is 14.0 Å². The van der Waals surface area contributed by atoms with Crippen molar-refractivity contribution in [3.05, 3.63) is 30.1 Å². The number of ether oxygens (including phenoxy) is 2. The minimum Gasteiger partial charge on any atom is -0.490 e. The average Bonchev–Trinajstić information content (AvgIpc) is 2.78. The van der Waals surface area contributed by atoms with Crippen molar-refractivity contribution >= 4 is 11.9 Å². The van der Waals surface area contributed by atoms with Crippen LogP contribution < -0.4 is 4.74 Å². The highest BCUT2D eigenvalue weighted by atomic mass is 19.1. The van der Waals surface area contributed by atoms with Crippen LogP contribution in [0.1, 0.15) is 32.6 Å². The number of amides is 1. The molecule has 124 valence electrons. The van der Waals surface area contributed by atoms with Gasteiger partial charge in [0.2, 0.25) is 0 Å². The lowest BCUT2D eigenvalue weighted by atomic mass is 9.99. The first-order valence-corrected chi connectivity index (χ1v) is 7.89. The zero-order valence-electron chi connectivity index (χ0n) is 13.0. The van der Waals surface area contributed by atoms with Crippen LogP contribution in [0.2, 0.25) is 0 Å². The fraction of sp³-hybridized carbons (Fsp3) is 0.529. The summed E-state index contributed by atoms with van der Waals surface area (Å²) in [6, 6.07) is 6.25. The molecule has 0 spiro atoms. The highest BCUT2D eigenvalue weighted by Gasteiger charge is 2.44. The summed E-state index contributed by atoms with van der Waals surface area (Å²) in [7, 11) is 0. The van der Waals surface area contributed by atoms with Crippen LogP contribution in [0.25, 0.3) is 0 Å². The van der Waals surface area contributed by atoms with Crippen molar-refractivity contribution in [3.63, 3.8) is 0 Å². The maximum atomic E-state index is 12.9. The van der Waals surface area contributed by atoms with E-state index in [1.807, 2.05) is 4.90 Å². The summed E-state index contributed by atoms with van der Waals surface area (Å²) in [4.78, 5) is 24.9. The van der Waals surface area contributed by atoms with E-state index in [2.05, 4.69) is 0 Å². The van der Waals surface area contributed by atoms with E-state index in [1.165, 1.54) is 19.1 Å². The smallest absolute Gasteiger partial charge is 0.303 e. The second-order valence-corrected chi connectivity index (χ2v) is 6.13. The van der Waals surface area contributed by atoms with Gasteiger partial charge in [-0.3, -0.25) is 9.59 Å².